The molecule has 2 N–H and O–H groups in total. The van der Waals surface area contributed by atoms with Crippen LogP contribution in [0.15, 0.2) is 24.3 Å². The van der Waals surface area contributed by atoms with E-state index in [4.69, 9.17) is 5.21 Å². The molecule has 6 nitrogen and oxygen atoms in total. The number of nitrogens with one attached hydrogen (secondary N) is 1. The maximum absolute atomic E-state index is 12.9. The molecule has 0 aromatic heterocycles. The van der Waals surface area contributed by atoms with Gasteiger partial charge in [0.2, 0.25) is 11.8 Å². The van der Waals surface area contributed by atoms with Gasteiger partial charge in [-0.15, -0.1) is 0 Å². The van der Waals surface area contributed by atoms with Crippen LogP contribution in [-0.2, 0) is 9.59 Å². The van der Waals surface area contributed by atoms with Crippen LogP contribution in [0.5, 0.6) is 0 Å². The SMILES string of the molecule is Cc1cccc(C(=O)[C@@H]2CC3(CC3)CN2C(=O)CCC(=O)NO)c1. The first-order valence-corrected chi connectivity index (χ1v) is 8.27. The smallest absolute Gasteiger partial charge is 0.243 e. The minimum absolute atomic E-state index is 0.0000702. The Labute approximate surface area is 140 Å². The third-order valence-electron chi connectivity index (χ3n) is 5.08. The van der Waals surface area contributed by atoms with Crippen molar-refractivity contribution in [3.05, 3.63) is 35.4 Å². The average Bonchev–Trinajstić information content (AvgIpc) is 3.22. The highest BCUT2D eigenvalue weighted by Gasteiger charge is 2.54. The number of hydroxylamine groups is 1. The van der Waals surface area contributed by atoms with Crippen molar-refractivity contribution in [3.63, 3.8) is 0 Å². The van der Waals surface area contributed by atoms with Crippen molar-refractivity contribution < 1.29 is 19.6 Å². The molecule has 0 unspecified atom stereocenters. The molecule has 1 aliphatic carbocycles. The van der Waals surface area contributed by atoms with E-state index in [0.29, 0.717) is 18.5 Å². The highest BCUT2D eigenvalue weighted by molar-refractivity contribution is 6.02. The summed E-state index contributed by atoms with van der Waals surface area (Å²) in [4.78, 5) is 38.2. The Balaban J connectivity index is 1.75. The molecule has 128 valence electrons. The third-order valence-corrected chi connectivity index (χ3v) is 5.08. The molecule has 6 heteroatoms. The van der Waals surface area contributed by atoms with E-state index < -0.39 is 11.9 Å². The van der Waals surface area contributed by atoms with Gasteiger partial charge in [0.25, 0.3) is 0 Å². The number of aryl methyl sites for hydroxylation is 1. The minimum Gasteiger partial charge on any atom is -0.332 e. The van der Waals surface area contributed by atoms with Crippen molar-refractivity contribution >= 4 is 17.6 Å². The van der Waals surface area contributed by atoms with E-state index in [-0.39, 0.29) is 29.9 Å². The number of hydrogen-bond acceptors (Lipinski definition) is 4. The standard InChI is InChI=1S/C18H22N2O4/c1-12-3-2-4-13(9-12)17(23)14-10-18(7-8-18)11-20(14)16(22)6-5-15(21)19-24/h2-4,9,14,24H,5-8,10-11H2,1H3,(H,19,21)/t14-/m0/s1. The highest BCUT2D eigenvalue weighted by atomic mass is 16.5. The zero-order chi connectivity index (χ0) is 17.3. The number of rotatable bonds is 5. The zero-order valence-electron chi connectivity index (χ0n) is 13.7. The number of hydrogen-bond donors (Lipinski definition) is 2. The Morgan fingerprint density at radius 1 is 1.29 bits per heavy atom. The fourth-order valence-corrected chi connectivity index (χ4v) is 3.50. The van der Waals surface area contributed by atoms with Gasteiger partial charge < -0.3 is 4.90 Å². The molecular formula is C18H22N2O4. The largest absolute Gasteiger partial charge is 0.332 e. The lowest BCUT2D eigenvalue weighted by Gasteiger charge is -2.23. The Hall–Kier alpha value is -2.21. The minimum atomic E-state index is -0.592. The molecule has 1 aromatic rings. The van der Waals surface area contributed by atoms with Crippen molar-refractivity contribution in [2.75, 3.05) is 6.54 Å². The number of Topliss-reactive ketones (excluding diaryl/α,β-unsaturated/α-hetero) is 1. The van der Waals surface area contributed by atoms with E-state index in [1.54, 1.807) is 11.0 Å². The molecule has 2 fully saturated rings. The predicted molar refractivity (Wildman–Crippen MR) is 86.5 cm³/mol. The molecule has 1 saturated carbocycles. The second-order valence-corrected chi connectivity index (χ2v) is 7.01. The van der Waals surface area contributed by atoms with Crippen LogP contribution in [0.4, 0.5) is 0 Å². The van der Waals surface area contributed by atoms with E-state index in [0.717, 1.165) is 18.4 Å². The zero-order valence-corrected chi connectivity index (χ0v) is 13.7. The maximum Gasteiger partial charge on any atom is 0.243 e. The lowest BCUT2D eigenvalue weighted by atomic mass is 9.96. The van der Waals surface area contributed by atoms with Crippen molar-refractivity contribution in [1.82, 2.24) is 10.4 Å². The van der Waals surface area contributed by atoms with Gasteiger partial charge in [-0.05, 0) is 37.7 Å². The normalized spacial score (nSPS) is 20.9. The summed E-state index contributed by atoms with van der Waals surface area (Å²) in [6.45, 7) is 2.53. The van der Waals surface area contributed by atoms with Crippen LogP contribution in [0, 0.1) is 12.3 Å². The van der Waals surface area contributed by atoms with E-state index >= 15 is 0 Å². The summed E-state index contributed by atoms with van der Waals surface area (Å²) in [6, 6.07) is 6.97. The van der Waals surface area contributed by atoms with Gasteiger partial charge in [0.1, 0.15) is 0 Å². The number of ketones is 1. The molecule has 1 saturated heterocycles. The quantitative estimate of drug-likeness (QED) is 0.490. The summed E-state index contributed by atoms with van der Waals surface area (Å²) in [5.74, 6) is -0.818. The summed E-state index contributed by atoms with van der Waals surface area (Å²) < 4.78 is 0. The average molecular weight is 330 g/mol. The third kappa shape index (κ3) is 3.33. The van der Waals surface area contributed by atoms with E-state index in [1.165, 1.54) is 5.48 Å². The van der Waals surface area contributed by atoms with E-state index in [1.807, 2.05) is 25.1 Å². The van der Waals surface area contributed by atoms with Crippen molar-refractivity contribution in [1.29, 1.82) is 0 Å². The molecule has 1 aliphatic heterocycles. The topological polar surface area (TPSA) is 86.7 Å². The molecule has 0 bridgehead atoms. The Morgan fingerprint density at radius 2 is 2.04 bits per heavy atom. The molecule has 1 spiro atoms. The molecule has 1 aromatic carbocycles. The molecule has 3 rings (SSSR count). The summed E-state index contributed by atoms with van der Waals surface area (Å²) in [5.41, 5.74) is 3.27. The second-order valence-electron chi connectivity index (χ2n) is 7.01. The molecule has 0 radical (unpaired) electrons. The molecule has 1 atom stereocenters. The van der Waals surface area contributed by atoms with E-state index in [9.17, 15) is 14.4 Å². The van der Waals surface area contributed by atoms with Crippen LogP contribution in [0.2, 0.25) is 0 Å². The van der Waals surface area contributed by atoms with Crippen molar-refractivity contribution in [2.45, 2.75) is 45.1 Å². The fraction of sp³-hybridized carbons (Fsp3) is 0.500. The first-order valence-electron chi connectivity index (χ1n) is 8.27. The van der Waals surface area contributed by atoms with Crippen LogP contribution in [0.25, 0.3) is 0 Å². The van der Waals surface area contributed by atoms with Crippen LogP contribution in [-0.4, -0.2) is 40.3 Å². The molecule has 1 heterocycles. The summed E-state index contributed by atoms with van der Waals surface area (Å²) >= 11 is 0. The van der Waals surface area contributed by atoms with Crippen molar-refractivity contribution in [3.8, 4) is 0 Å². The van der Waals surface area contributed by atoms with Crippen LogP contribution in [0.3, 0.4) is 0 Å². The Morgan fingerprint density at radius 3 is 2.67 bits per heavy atom. The summed E-state index contributed by atoms with van der Waals surface area (Å²) in [6.07, 6.45) is 2.72. The lowest BCUT2D eigenvalue weighted by molar-refractivity contribution is -0.136. The van der Waals surface area contributed by atoms with Gasteiger partial charge >= 0.3 is 0 Å². The van der Waals surface area contributed by atoms with Gasteiger partial charge in [0, 0.05) is 24.9 Å². The van der Waals surface area contributed by atoms with Crippen molar-refractivity contribution in [2.24, 2.45) is 5.41 Å². The van der Waals surface area contributed by atoms with Gasteiger partial charge in [-0.25, -0.2) is 5.48 Å². The number of carbonyl (C=O) groups excluding carboxylic acids is 3. The van der Waals surface area contributed by atoms with Gasteiger partial charge in [-0.1, -0.05) is 23.8 Å². The van der Waals surface area contributed by atoms with E-state index in [2.05, 4.69) is 0 Å². The number of likely N-dealkylation sites (tertiary alicyclic amines) is 1. The first-order chi connectivity index (χ1) is 11.4. The second kappa shape index (κ2) is 6.36. The van der Waals surface area contributed by atoms with Gasteiger partial charge in [-0.2, -0.15) is 0 Å². The van der Waals surface area contributed by atoms with Gasteiger partial charge in [0.05, 0.1) is 6.04 Å². The van der Waals surface area contributed by atoms with Crippen LogP contribution in [0.1, 0.15) is 48.0 Å². The monoisotopic (exact) mass is 330 g/mol. The van der Waals surface area contributed by atoms with Gasteiger partial charge in [0.15, 0.2) is 5.78 Å². The predicted octanol–water partition coefficient (Wildman–Crippen LogP) is 1.84. The Bertz CT molecular complexity index is 681. The summed E-state index contributed by atoms with van der Waals surface area (Å²) in [7, 11) is 0. The first kappa shape index (κ1) is 16.6. The number of carbonyl (C=O) groups is 3. The number of nitrogens with zero attached hydrogens (tertiary/aromatic N) is 1. The number of benzene rings is 1. The highest BCUT2D eigenvalue weighted by Crippen LogP contribution is 2.55. The molecule has 24 heavy (non-hydrogen) atoms. The van der Waals surface area contributed by atoms with Gasteiger partial charge in [-0.3, -0.25) is 19.6 Å². The Kier molecular flexibility index (Phi) is 4.41. The maximum atomic E-state index is 12.9. The number of amides is 2. The molecule has 2 aliphatic rings. The van der Waals surface area contributed by atoms with Crippen LogP contribution < -0.4 is 5.48 Å². The lowest BCUT2D eigenvalue weighted by Crippen LogP contribution is -2.41. The van der Waals surface area contributed by atoms with Crippen LogP contribution >= 0.6 is 0 Å². The summed E-state index contributed by atoms with van der Waals surface area (Å²) in [5, 5.41) is 8.54. The fourth-order valence-electron chi connectivity index (χ4n) is 3.50. The molecule has 2 amide bonds. The molecular weight excluding hydrogens is 308 g/mol.